The normalized spacial score (nSPS) is 22.5. The second-order valence-electron chi connectivity index (χ2n) is 9.12. The Hall–Kier alpha value is -4.77. The van der Waals surface area contributed by atoms with Crippen LogP contribution < -0.4 is 20.3 Å². The molecule has 2 aliphatic rings. The SMILES string of the molecule is CN1C(=O)N(C)[C@]2(c3ccccc3)Nn3c(s/c(=C/c4cccc([N+](=O)[O-])c4)c3=O)=N[C@@]12c1ccccc1. The Balaban J connectivity index is 1.67. The minimum absolute atomic E-state index is 0.0645. The Bertz CT molecular complexity index is 1770. The second-order valence-corrected chi connectivity index (χ2v) is 10.1. The van der Waals surface area contributed by atoms with Crippen LogP contribution in [0, 0.1) is 10.1 Å². The van der Waals surface area contributed by atoms with Crippen molar-refractivity contribution in [3.63, 3.8) is 0 Å². The molecule has 2 amide bonds. The summed E-state index contributed by atoms with van der Waals surface area (Å²) in [4.78, 5) is 46.7. The maximum atomic E-state index is 13.7. The molecule has 0 radical (unpaired) electrons. The van der Waals surface area contributed by atoms with Crippen LogP contribution >= 0.6 is 11.3 Å². The van der Waals surface area contributed by atoms with E-state index in [1.54, 1.807) is 42.1 Å². The molecule has 1 aromatic heterocycles. The molecule has 1 saturated heterocycles. The maximum absolute atomic E-state index is 13.7. The summed E-state index contributed by atoms with van der Waals surface area (Å²) >= 11 is 1.15. The van der Waals surface area contributed by atoms with Crippen molar-refractivity contribution < 1.29 is 9.72 Å². The smallest absolute Gasteiger partial charge is 0.295 e. The number of hydrogen-bond donors (Lipinski definition) is 1. The monoisotopic (exact) mass is 526 g/mol. The molecule has 2 aliphatic heterocycles. The predicted octanol–water partition coefficient (Wildman–Crippen LogP) is 2.53. The van der Waals surface area contributed by atoms with Gasteiger partial charge in [0.15, 0.2) is 0 Å². The van der Waals surface area contributed by atoms with Crippen LogP contribution in [0.4, 0.5) is 10.5 Å². The van der Waals surface area contributed by atoms with Gasteiger partial charge in [0.2, 0.25) is 16.1 Å². The van der Waals surface area contributed by atoms with E-state index >= 15 is 0 Å². The molecule has 10 nitrogen and oxygen atoms in total. The number of rotatable bonds is 4. The fourth-order valence-corrected chi connectivity index (χ4v) is 6.36. The van der Waals surface area contributed by atoms with E-state index < -0.39 is 16.2 Å². The summed E-state index contributed by atoms with van der Waals surface area (Å²) < 4.78 is 1.71. The minimum atomic E-state index is -1.26. The number of amides is 2. The Morgan fingerprint density at radius 1 is 0.921 bits per heavy atom. The molecule has 0 bridgehead atoms. The number of fused-ring (bicyclic) bond motifs is 2. The summed E-state index contributed by atoms with van der Waals surface area (Å²) in [5.41, 5.74) is 2.50. The van der Waals surface area contributed by atoms with Crippen molar-refractivity contribution >= 4 is 29.1 Å². The van der Waals surface area contributed by atoms with Crippen LogP contribution in [0.5, 0.6) is 0 Å². The maximum Gasteiger partial charge on any atom is 0.324 e. The molecule has 3 aromatic carbocycles. The highest BCUT2D eigenvalue weighted by Gasteiger charge is 2.69. The largest absolute Gasteiger partial charge is 0.324 e. The van der Waals surface area contributed by atoms with Crippen LogP contribution in [0.25, 0.3) is 6.08 Å². The van der Waals surface area contributed by atoms with Gasteiger partial charge in [0.05, 0.1) is 9.46 Å². The number of nitro groups is 1. The predicted molar refractivity (Wildman–Crippen MR) is 143 cm³/mol. The molecule has 2 atom stereocenters. The average Bonchev–Trinajstić information content (AvgIpc) is 3.33. The summed E-state index contributed by atoms with van der Waals surface area (Å²) in [6.07, 6.45) is 1.61. The van der Waals surface area contributed by atoms with Crippen LogP contribution in [0.15, 0.2) is 94.7 Å². The molecule has 38 heavy (non-hydrogen) atoms. The van der Waals surface area contributed by atoms with Gasteiger partial charge in [-0.05, 0) is 11.6 Å². The number of benzene rings is 3. The number of urea groups is 1. The molecule has 0 unspecified atom stereocenters. The lowest BCUT2D eigenvalue weighted by Gasteiger charge is -2.49. The van der Waals surface area contributed by atoms with Crippen molar-refractivity contribution in [2.75, 3.05) is 19.5 Å². The lowest BCUT2D eigenvalue weighted by Crippen LogP contribution is -2.67. The Kier molecular flexibility index (Phi) is 5.21. The standard InChI is InChI=1S/C27H22N6O4S/c1-30-25(35)31(2)27(20-13-7-4-8-14-20)26(30,19-11-5-3-6-12-19)28-24-32(29-27)23(34)22(38-24)17-18-10-9-15-21(16-18)33(36)37/h3-17,29H,1-2H3/b22-17+/t26-,27-/m0/s1. The number of nitrogens with zero attached hydrogens (tertiary/aromatic N) is 5. The van der Waals surface area contributed by atoms with Crippen molar-refractivity contribution in [1.82, 2.24) is 14.5 Å². The van der Waals surface area contributed by atoms with Gasteiger partial charge in [-0.2, -0.15) is 4.68 Å². The third-order valence-corrected chi connectivity index (χ3v) is 8.12. The van der Waals surface area contributed by atoms with E-state index in [2.05, 4.69) is 5.43 Å². The summed E-state index contributed by atoms with van der Waals surface area (Å²) in [5, 5.41) is 11.2. The number of thiazole rings is 1. The van der Waals surface area contributed by atoms with E-state index in [-0.39, 0.29) is 17.3 Å². The van der Waals surface area contributed by atoms with Crippen molar-refractivity contribution in [2.24, 2.45) is 4.99 Å². The number of likely N-dealkylation sites (N-methyl/N-ethyl adjacent to an activating group) is 2. The number of aromatic nitrogens is 1. The van der Waals surface area contributed by atoms with Gasteiger partial charge in [0.25, 0.3) is 11.2 Å². The highest BCUT2D eigenvalue weighted by molar-refractivity contribution is 7.07. The number of carbonyl (C=O) groups is 1. The quantitative estimate of drug-likeness (QED) is 0.324. The van der Waals surface area contributed by atoms with Crippen molar-refractivity contribution in [1.29, 1.82) is 0 Å². The third-order valence-electron chi connectivity index (χ3n) is 7.15. The highest BCUT2D eigenvalue weighted by atomic mass is 32.1. The van der Waals surface area contributed by atoms with E-state index in [1.807, 2.05) is 60.7 Å². The average molecular weight is 527 g/mol. The first kappa shape index (κ1) is 23.6. The Morgan fingerprint density at radius 3 is 2.24 bits per heavy atom. The van der Waals surface area contributed by atoms with Gasteiger partial charge in [-0.3, -0.25) is 30.1 Å². The topological polar surface area (TPSA) is 113 Å². The summed E-state index contributed by atoms with van der Waals surface area (Å²) in [6.45, 7) is 0. The van der Waals surface area contributed by atoms with E-state index in [9.17, 15) is 19.7 Å². The van der Waals surface area contributed by atoms with E-state index in [1.165, 1.54) is 16.8 Å². The second kappa shape index (κ2) is 8.38. The molecule has 11 heteroatoms. The van der Waals surface area contributed by atoms with Gasteiger partial charge in [0, 0.05) is 37.4 Å². The van der Waals surface area contributed by atoms with E-state index in [4.69, 9.17) is 4.99 Å². The number of non-ortho nitro benzene ring substituents is 1. The zero-order chi connectivity index (χ0) is 26.7. The first-order valence-corrected chi connectivity index (χ1v) is 12.6. The molecule has 4 aromatic rings. The van der Waals surface area contributed by atoms with Gasteiger partial charge in [-0.1, -0.05) is 84.1 Å². The molecule has 0 saturated carbocycles. The van der Waals surface area contributed by atoms with Crippen molar-refractivity contribution in [2.45, 2.75) is 11.3 Å². The van der Waals surface area contributed by atoms with E-state index in [0.717, 1.165) is 22.5 Å². The number of hydrogen-bond acceptors (Lipinski definition) is 7. The first-order chi connectivity index (χ1) is 18.3. The van der Waals surface area contributed by atoms with Gasteiger partial charge < -0.3 is 0 Å². The van der Waals surface area contributed by atoms with Gasteiger partial charge >= 0.3 is 6.03 Å². The minimum Gasteiger partial charge on any atom is -0.295 e. The molecule has 3 heterocycles. The molecule has 0 aliphatic carbocycles. The molecular formula is C27H22N6O4S. The van der Waals surface area contributed by atoms with Gasteiger partial charge in [0.1, 0.15) is 0 Å². The van der Waals surface area contributed by atoms with Gasteiger partial charge in [-0.15, -0.1) is 0 Å². The molecule has 1 fully saturated rings. The van der Waals surface area contributed by atoms with Gasteiger partial charge in [-0.25, -0.2) is 9.79 Å². The summed E-state index contributed by atoms with van der Waals surface area (Å²) in [5.74, 6) is 0. The van der Waals surface area contributed by atoms with Crippen molar-refractivity contribution in [3.8, 4) is 0 Å². The zero-order valence-corrected chi connectivity index (χ0v) is 21.3. The number of carbonyl (C=O) groups excluding carboxylic acids is 1. The Morgan fingerprint density at radius 2 is 1.58 bits per heavy atom. The fraction of sp³-hybridized carbons (Fsp3) is 0.148. The third kappa shape index (κ3) is 3.08. The molecule has 0 spiro atoms. The van der Waals surface area contributed by atoms with Crippen LogP contribution in [0.2, 0.25) is 0 Å². The summed E-state index contributed by atoms with van der Waals surface area (Å²) in [7, 11) is 3.40. The first-order valence-electron chi connectivity index (χ1n) is 11.8. The lowest BCUT2D eigenvalue weighted by atomic mass is 9.80. The Labute approximate surface area is 220 Å². The molecular weight excluding hydrogens is 504 g/mol. The van der Waals surface area contributed by atoms with Crippen LogP contribution in [-0.2, 0) is 11.3 Å². The number of nitrogens with one attached hydrogen (secondary N) is 1. The fourth-order valence-electron chi connectivity index (χ4n) is 5.40. The molecule has 1 N–H and O–H groups in total. The molecule has 190 valence electrons. The zero-order valence-electron chi connectivity index (χ0n) is 20.4. The van der Waals surface area contributed by atoms with Crippen LogP contribution in [0.3, 0.4) is 0 Å². The highest BCUT2D eigenvalue weighted by Crippen LogP contribution is 2.53. The van der Waals surface area contributed by atoms with Crippen LogP contribution in [0.1, 0.15) is 16.7 Å². The van der Waals surface area contributed by atoms with Crippen molar-refractivity contribution in [3.05, 3.63) is 131 Å². The molecule has 6 rings (SSSR count). The van der Waals surface area contributed by atoms with Crippen LogP contribution in [-0.4, -0.2) is 39.5 Å². The lowest BCUT2D eigenvalue weighted by molar-refractivity contribution is -0.384. The van der Waals surface area contributed by atoms with E-state index in [0.29, 0.717) is 14.9 Å². The number of nitro benzene ring substituents is 1. The summed E-state index contributed by atoms with van der Waals surface area (Å²) in [6, 6.07) is 24.8.